The van der Waals surface area contributed by atoms with E-state index < -0.39 is 18.2 Å². The molecule has 190 valence electrons. The Morgan fingerprint density at radius 2 is 1.89 bits per heavy atom. The van der Waals surface area contributed by atoms with Gasteiger partial charge < -0.3 is 28.8 Å². The summed E-state index contributed by atoms with van der Waals surface area (Å²) in [6, 6.07) is 7.62. The van der Waals surface area contributed by atoms with Crippen molar-refractivity contribution in [2.24, 2.45) is 5.92 Å². The van der Waals surface area contributed by atoms with Crippen molar-refractivity contribution in [2.45, 2.75) is 64.4 Å². The van der Waals surface area contributed by atoms with Crippen molar-refractivity contribution in [3.63, 3.8) is 0 Å². The van der Waals surface area contributed by atoms with Gasteiger partial charge >= 0.3 is 5.97 Å². The Morgan fingerprint density at radius 3 is 2.57 bits per heavy atom. The summed E-state index contributed by atoms with van der Waals surface area (Å²) in [6.45, 7) is 2.66. The fraction of sp³-hybridized carbons (Fsp3) is 0.519. The molecule has 0 radical (unpaired) electrons. The van der Waals surface area contributed by atoms with Gasteiger partial charge in [-0.2, -0.15) is 0 Å². The zero-order valence-corrected chi connectivity index (χ0v) is 21.2. The number of halogens is 1. The predicted octanol–water partition coefficient (Wildman–Crippen LogP) is 6.01. The Bertz CT molecular complexity index is 1050. The summed E-state index contributed by atoms with van der Waals surface area (Å²) in [6.07, 6.45) is 4.92. The topological polar surface area (TPSA) is 83.5 Å². The van der Waals surface area contributed by atoms with Gasteiger partial charge in [0.1, 0.15) is 17.2 Å². The van der Waals surface area contributed by atoms with Crippen molar-refractivity contribution >= 4 is 17.6 Å². The Hall–Kier alpha value is -2.48. The van der Waals surface area contributed by atoms with Crippen molar-refractivity contribution in [1.29, 1.82) is 0 Å². The van der Waals surface area contributed by atoms with Crippen LogP contribution in [0.2, 0.25) is 5.02 Å². The van der Waals surface area contributed by atoms with Crippen molar-refractivity contribution in [3.8, 4) is 28.4 Å². The first-order chi connectivity index (χ1) is 16.9. The molecule has 1 aliphatic carbocycles. The average molecular weight is 505 g/mol. The molecule has 0 aromatic heterocycles. The molecule has 1 saturated carbocycles. The van der Waals surface area contributed by atoms with Crippen LogP contribution >= 0.6 is 11.6 Å². The summed E-state index contributed by atoms with van der Waals surface area (Å²) < 4.78 is 29.1. The van der Waals surface area contributed by atoms with Crippen molar-refractivity contribution in [3.05, 3.63) is 40.4 Å². The quantitative estimate of drug-likeness (QED) is 0.447. The highest BCUT2D eigenvalue weighted by atomic mass is 35.5. The standard InChI is InChI=1S/C27H33ClO7/c1-16-23(31-2)14-22(25(28)26(16)32-3)21-9-8-20(12-18(21)15-34-19-6-4-5-7-19)35-24-13-17(27(29)30)10-11-33-24/h8-9,12,14,17,19,24H,4-7,10-11,13,15H2,1-3H3,(H,29,30). The average Bonchev–Trinajstić information content (AvgIpc) is 3.38. The van der Waals surface area contributed by atoms with E-state index in [0.717, 1.165) is 35.1 Å². The maximum absolute atomic E-state index is 11.4. The molecule has 2 fully saturated rings. The Balaban J connectivity index is 1.67. The van der Waals surface area contributed by atoms with Crippen LogP contribution in [0, 0.1) is 12.8 Å². The number of rotatable bonds is 9. The molecule has 2 atom stereocenters. The summed E-state index contributed by atoms with van der Waals surface area (Å²) in [5.74, 6) is 0.556. The first-order valence-electron chi connectivity index (χ1n) is 12.1. The minimum Gasteiger partial charge on any atom is -0.496 e. The molecule has 2 aromatic carbocycles. The van der Waals surface area contributed by atoms with Crippen molar-refractivity contribution in [2.75, 3.05) is 20.8 Å². The van der Waals surface area contributed by atoms with Crippen LogP contribution in [-0.2, 0) is 20.9 Å². The number of ether oxygens (including phenoxy) is 5. The zero-order chi connectivity index (χ0) is 24.9. The molecular weight excluding hydrogens is 472 g/mol. The summed E-state index contributed by atoms with van der Waals surface area (Å²) >= 11 is 6.79. The Labute approximate surface area is 211 Å². The van der Waals surface area contributed by atoms with Crippen LogP contribution in [0.15, 0.2) is 24.3 Å². The number of hydrogen-bond acceptors (Lipinski definition) is 6. The fourth-order valence-electron chi connectivity index (χ4n) is 4.86. The van der Waals surface area contributed by atoms with E-state index in [-0.39, 0.29) is 6.10 Å². The monoisotopic (exact) mass is 504 g/mol. The molecule has 1 heterocycles. The maximum Gasteiger partial charge on any atom is 0.306 e. The largest absolute Gasteiger partial charge is 0.496 e. The molecule has 1 N–H and O–H groups in total. The molecule has 35 heavy (non-hydrogen) atoms. The molecule has 2 unspecified atom stereocenters. The number of carbonyl (C=O) groups is 1. The summed E-state index contributed by atoms with van der Waals surface area (Å²) in [5.41, 5.74) is 3.41. The normalized spacial score (nSPS) is 20.6. The van der Waals surface area contributed by atoms with Gasteiger partial charge in [-0.3, -0.25) is 4.79 Å². The van der Waals surface area contributed by atoms with E-state index in [0.29, 0.717) is 48.3 Å². The predicted molar refractivity (Wildman–Crippen MR) is 133 cm³/mol. The van der Waals surface area contributed by atoms with Crippen LogP contribution in [0.1, 0.15) is 49.7 Å². The highest BCUT2D eigenvalue weighted by molar-refractivity contribution is 6.35. The smallest absolute Gasteiger partial charge is 0.306 e. The van der Waals surface area contributed by atoms with Crippen molar-refractivity contribution < 1.29 is 33.6 Å². The number of carboxylic acid groups (broad SMARTS) is 1. The molecule has 0 spiro atoms. The number of aliphatic carboxylic acids is 1. The molecule has 8 heteroatoms. The van der Waals surface area contributed by atoms with Crippen molar-refractivity contribution in [1.82, 2.24) is 0 Å². The third kappa shape index (κ3) is 5.85. The maximum atomic E-state index is 11.4. The number of methoxy groups -OCH3 is 2. The van der Waals surface area contributed by atoms with Crippen LogP contribution in [0.25, 0.3) is 11.1 Å². The Morgan fingerprint density at radius 1 is 1.11 bits per heavy atom. The molecule has 4 rings (SSSR count). The lowest BCUT2D eigenvalue weighted by molar-refractivity contribution is -0.159. The van der Waals surface area contributed by atoms with Crippen LogP contribution in [0.4, 0.5) is 0 Å². The van der Waals surface area contributed by atoms with Gasteiger partial charge in [0, 0.05) is 17.5 Å². The van der Waals surface area contributed by atoms with E-state index in [9.17, 15) is 9.90 Å². The van der Waals surface area contributed by atoms with Crippen LogP contribution in [0.3, 0.4) is 0 Å². The lowest BCUT2D eigenvalue weighted by Crippen LogP contribution is -2.33. The minimum atomic E-state index is -0.820. The summed E-state index contributed by atoms with van der Waals surface area (Å²) in [4.78, 5) is 11.4. The van der Waals surface area contributed by atoms with Crippen LogP contribution in [-0.4, -0.2) is 44.3 Å². The molecule has 1 aliphatic heterocycles. The third-order valence-corrected chi connectivity index (χ3v) is 7.23. The van der Waals surface area contributed by atoms with Gasteiger partial charge in [0.15, 0.2) is 0 Å². The lowest BCUT2D eigenvalue weighted by atomic mass is 9.97. The second kappa shape index (κ2) is 11.5. The van der Waals surface area contributed by atoms with E-state index in [1.54, 1.807) is 14.2 Å². The lowest BCUT2D eigenvalue weighted by Gasteiger charge is -2.28. The molecule has 2 aromatic rings. The second-order valence-electron chi connectivity index (χ2n) is 9.11. The SMILES string of the molecule is COc1cc(-c2ccc(OC3CC(C(=O)O)CCO3)cc2COC2CCCC2)c(Cl)c(OC)c1C. The fourth-order valence-corrected chi connectivity index (χ4v) is 5.23. The van der Waals surface area contributed by atoms with E-state index in [2.05, 4.69) is 0 Å². The Kier molecular flexibility index (Phi) is 8.42. The second-order valence-corrected chi connectivity index (χ2v) is 9.49. The minimum absolute atomic E-state index is 0.239. The van der Waals surface area contributed by atoms with Gasteiger partial charge in [0.05, 0.1) is 44.5 Å². The number of carboxylic acids is 1. The highest BCUT2D eigenvalue weighted by Crippen LogP contribution is 2.44. The van der Waals surface area contributed by atoms with E-state index in [4.69, 9.17) is 35.3 Å². The van der Waals surface area contributed by atoms with Crippen LogP contribution in [0.5, 0.6) is 17.2 Å². The van der Waals surface area contributed by atoms with E-state index in [1.165, 1.54) is 12.8 Å². The molecule has 2 aliphatic rings. The third-order valence-electron chi connectivity index (χ3n) is 6.85. The zero-order valence-electron chi connectivity index (χ0n) is 20.5. The molecule has 0 amide bonds. The summed E-state index contributed by atoms with van der Waals surface area (Å²) in [7, 11) is 3.21. The van der Waals surface area contributed by atoms with Gasteiger partial charge in [0.2, 0.25) is 6.29 Å². The van der Waals surface area contributed by atoms with Gasteiger partial charge in [-0.15, -0.1) is 0 Å². The van der Waals surface area contributed by atoms with Gasteiger partial charge in [-0.1, -0.05) is 30.5 Å². The molecule has 1 saturated heterocycles. The molecule has 0 bridgehead atoms. The number of benzene rings is 2. The van der Waals surface area contributed by atoms with E-state index >= 15 is 0 Å². The first kappa shape index (κ1) is 25.6. The highest BCUT2D eigenvalue weighted by Gasteiger charge is 2.29. The number of hydrogen-bond donors (Lipinski definition) is 1. The van der Waals surface area contributed by atoms with Gasteiger partial charge in [-0.25, -0.2) is 0 Å². The molecule has 7 nitrogen and oxygen atoms in total. The summed E-state index contributed by atoms with van der Waals surface area (Å²) in [5, 5.41) is 9.87. The van der Waals surface area contributed by atoms with Gasteiger partial charge in [-0.05, 0) is 55.5 Å². The first-order valence-corrected chi connectivity index (χ1v) is 12.5. The van der Waals surface area contributed by atoms with Gasteiger partial charge in [0.25, 0.3) is 0 Å². The van der Waals surface area contributed by atoms with E-state index in [1.807, 2.05) is 31.2 Å². The van der Waals surface area contributed by atoms with Crippen LogP contribution < -0.4 is 14.2 Å². The molecular formula is C27H33ClO7.